The van der Waals surface area contributed by atoms with E-state index >= 15 is 0 Å². The normalized spacial score (nSPS) is 12.4. The van der Waals surface area contributed by atoms with E-state index in [9.17, 15) is 5.11 Å². The molecule has 0 aromatic heterocycles. The highest BCUT2D eigenvalue weighted by atomic mass is 35.5. The topological polar surface area (TPSA) is 41.9 Å². The van der Waals surface area contributed by atoms with Gasteiger partial charge in [0.2, 0.25) is 0 Å². The fourth-order valence-corrected chi connectivity index (χ4v) is 2.66. The summed E-state index contributed by atoms with van der Waals surface area (Å²) in [5.41, 5.74) is 2.07. The van der Waals surface area contributed by atoms with Gasteiger partial charge in [-0.05, 0) is 36.4 Å². The first-order chi connectivity index (χ1) is 11.6. The Hall–Kier alpha value is -1.59. The Labute approximate surface area is 148 Å². The quantitative estimate of drug-likeness (QED) is 0.753. The number of hydrogen-bond acceptors (Lipinski definition) is 4. The van der Waals surface area contributed by atoms with Crippen molar-refractivity contribution in [3.8, 4) is 5.75 Å². The third-order valence-corrected chi connectivity index (χ3v) is 4.00. The van der Waals surface area contributed by atoms with Gasteiger partial charge in [-0.25, -0.2) is 0 Å². The Morgan fingerprint density at radius 2 is 1.96 bits per heavy atom. The maximum absolute atomic E-state index is 10.1. The van der Waals surface area contributed by atoms with Gasteiger partial charge < -0.3 is 14.6 Å². The molecule has 24 heavy (non-hydrogen) atoms. The molecule has 130 valence electrons. The minimum Gasteiger partial charge on any atom is -0.497 e. The molecule has 2 rings (SSSR count). The van der Waals surface area contributed by atoms with Gasteiger partial charge >= 0.3 is 0 Å². The van der Waals surface area contributed by atoms with Gasteiger partial charge in [0, 0.05) is 18.1 Å². The number of ether oxygens (including phenoxy) is 2. The van der Waals surface area contributed by atoms with E-state index in [1.807, 2.05) is 60.5 Å². The van der Waals surface area contributed by atoms with Crippen LogP contribution in [0.3, 0.4) is 0 Å². The van der Waals surface area contributed by atoms with Crippen molar-refractivity contribution in [1.82, 2.24) is 4.90 Å². The molecule has 0 radical (unpaired) electrons. The molecule has 5 heteroatoms. The number of rotatable bonds is 9. The molecule has 2 aromatic rings. The van der Waals surface area contributed by atoms with E-state index in [4.69, 9.17) is 21.1 Å². The van der Waals surface area contributed by atoms with E-state index in [0.717, 1.165) is 21.9 Å². The fraction of sp³-hybridized carbons (Fsp3) is 0.368. The first-order valence-corrected chi connectivity index (χ1v) is 8.27. The van der Waals surface area contributed by atoms with Crippen LogP contribution in [-0.2, 0) is 17.9 Å². The van der Waals surface area contributed by atoms with Crippen molar-refractivity contribution >= 4 is 11.6 Å². The van der Waals surface area contributed by atoms with Gasteiger partial charge in [0.1, 0.15) is 5.75 Å². The Bertz CT molecular complexity index is 636. The maximum Gasteiger partial charge on any atom is 0.119 e. The zero-order valence-electron chi connectivity index (χ0n) is 14.1. The van der Waals surface area contributed by atoms with E-state index in [-0.39, 0.29) is 6.61 Å². The van der Waals surface area contributed by atoms with Crippen LogP contribution in [0.1, 0.15) is 11.1 Å². The number of aliphatic hydroxyl groups is 1. The summed E-state index contributed by atoms with van der Waals surface area (Å²) in [6.07, 6.45) is -0.553. The molecule has 1 N–H and O–H groups in total. The summed E-state index contributed by atoms with van der Waals surface area (Å²) in [7, 11) is 3.59. The highest BCUT2D eigenvalue weighted by Gasteiger charge is 2.10. The van der Waals surface area contributed by atoms with E-state index in [0.29, 0.717) is 19.7 Å². The number of aliphatic hydroxyl groups excluding tert-OH is 1. The van der Waals surface area contributed by atoms with Crippen LogP contribution in [-0.4, -0.2) is 43.4 Å². The van der Waals surface area contributed by atoms with Gasteiger partial charge in [-0.2, -0.15) is 0 Å². The van der Waals surface area contributed by atoms with Crippen LogP contribution >= 0.6 is 11.6 Å². The molecule has 0 heterocycles. The van der Waals surface area contributed by atoms with Crippen molar-refractivity contribution in [3.05, 3.63) is 64.7 Å². The molecule has 1 atom stereocenters. The number of methoxy groups -OCH3 is 1. The van der Waals surface area contributed by atoms with Crippen LogP contribution in [0.25, 0.3) is 0 Å². The Morgan fingerprint density at radius 3 is 2.71 bits per heavy atom. The molecular formula is C19H24ClNO3. The van der Waals surface area contributed by atoms with Crippen LogP contribution in [0.5, 0.6) is 5.75 Å². The molecule has 0 fully saturated rings. The highest BCUT2D eigenvalue weighted by molar-refractivity contribution is 6.31. The zero-order valence-corrected chi connectivity index (χ0v) is 14.9. The van der Waals surface area contributed by atoms with Gasteiger partial charge in [0.15, 0.2) is 0 Å². The van der Waals surface area contributed by atoms with Crippen LogP contribution < -0.4 is 4.74 Å². The Morgan fingerprint density at radius 1 is 1.17 bits per heavy atom. The molecule has 2 aromatic carbocycles. The third-order valence-electron chi connectivity index (χ3n) is 3.63. The molecule has 0 unspecified atom stereocenters. The van der Waals surface area contributed by atoms with Gasteiger partial charge in [-0.15, -0.1) is 0 Å². The first kappa shape index (κ1) is 18.7. The largest absolute Gasteiger partial charge is 0.497 e. The second-order valence-electron chi connectivity index (χ2n) is 5.81. The predicted octanol–water partition coefficient (Wildman–Crippen LogP) is 3.36. The van der Waals surface area contributed by atoms with E-state index in [1.165, 1.54) is 0 Å². The van der Waals surface area contributed by atoms with Crippen molar-refractivity contribution in [2.24, 2.45) is 0 Å². The molecule has 0 saturated heterocycles. The minimum atomic E-state index is -0.553. The van der Waals surface area contributed by atoms with Gasteiger partial charge in [0.05, 0.1) is 26.4 Å². The molecular weight excluding hydrogens is 326 g/mol. The lowest BCUT2D eigenvalue weighted by Gasteiger charge is -2.21. The van der Waals surface area contributed by atoms with Crippen LogP contribution in [0.2, 0.25) is 5.02 Å². The number of nitrogens with zero attached hydrogens (tertiary/aromatic N) is 1. The van der Waals surface area contributed by atoms with Crippen LogP contribution in [0.15, 0.2) is 48.5 Å². The number of halogens is 1. The van der Waals surface area contributed by atoms with Crippen molar-refractivity contribution < 1.29 is 14.6 Å². The second-order valence-corrected chi connectivity index (χ2v) is 6.22. The van der Waals surface area contributed by atoms with E-state index in [2.05, 4.69) is 0 Å². The van der Waals surface area contributed by atoms with Gasteiger partial charge in [-0.1, -0.05) is 41.9 Å². The van der Waals surface area contributed by atoms with Crippen LogP contribution in [0.4, 0.5) is 0 Å². The fourth-order valence-electron chi connectivity index (χ4n) is 2.47. The predicted molar refractivity (Wildman–Crippen MR) is 96.4 cm³/mol. The summed E-state index contributed by atoms with van der Waals surface area (Å²) in [6, 6.07) is 15.4. The lowest BCUT2D eigenvalue weighted by molar-refractivity contribution is 0.0127. The van der Waals surface area contributed by atoms with Crippen molar-refractivity contribution in [2.45, 2.75) is 19.3 Å². The Kier molecular flexibility index (Phi) is 7.53. The van der Waals surface area contributed by atoms with Crippen molar-refractivity contribution in [3.63, 3.8) is 0 Å². The maximum atomic E-state index is 10.1. The average Bonchev–Trinajstić information content (AvgIpc) is 2.57. The van der Waals surface area contributed by atoms with Crippen molar-refractivity contribution in [2.75, 3.05) is 27.3 Å². The highest BCUT2D eigenvalue weighted by Crippen LogP contribution is 2.16. The molecule has 4 nitrogen and oxygen atoms in total. The summed E-state index contributed by atoms with van der Waals surface area (Å²) in [4.78, 5) is 2.03. The summed E-state index contributed by atoms with van der Waals surface area (Å²) >= 11 is 6.16. The summed E-state index contributed by atoms with van der Waals surface area (Å²) in [5, 5.41) is 10.9. The lowest BCUT2D eigenvalue weighted by Crippen LogP contribution is -2.31. The monoisotopic (exact) mass is 349 g/mol. The molecule has 0 bridgehead atoms. The Balaban J connectivity index is 1.72. The molecule has 0 amide bonds. The summed E-state index contributed by atoms with van der Waals surface area (Å²) in [6.45, 7) is 1.93. The summed E-state index contributed by atoms with van der Waals surface area (Å²) < 4.78 is 10.8. The van der Waals surface area contributed by atoms with Gasteiger partial charge in [-0.3, -0.25) is 4.90 Å². The molecule has 0 aliphatic carbocycles. The smallest absolute Gasteiger partial charge is 0.119 e. The van der Waals surface area contributed by atoms with E-state index < -0.39 is 6.10 Å². The SMILES string of the molecule is COc1cccc(COC[C@H](O)CN(C)Cc2ccccc2Cl)c1. The molecule has 0 aliphatic heterocycles. The number of likely N-dealkylation sites (N-methyl/N-ethyl adjacent to an activating group) is 1. The first-order valence-electron chi connectivity index (χ1n) is 7.89. The number of benzene rings is 2. The number of hydrogen-bond donors (Lipinski definition) is 1. The summed E-state index contributed by atoms with van der Waals surface area (Å²) in [5.74, 6) is 0.802. The standard InChI is InChI=1S/C19H24ClNO3/c1-21(11-16-7-3-4-9-19(16)20)12-17(22)14-24-13-15-6-5-8-18(10-15)23-2/h3-10,17,22H,11-14H2,1-2H3/t17-/m1/s1. The average molecular weight is 350 g/mol. The molecule has 0 aliphatic rings. The van der Waals surface area contributed by atoms with Crippen LogP contribution in [0, 0.1) is 0 Å². The van der Waals surface area contributed by atoms with Crippen molar-refractivity contribution in [1.29, 1.82) is 0 Å². The third kappa shape index (κ3) is 6.13. The molecule has 0 saturated carbocycles. The van der Waals surface area contributed by atoms with E-state index in [1.54, 1.807) is 7.11 Å². The lowest BCUT2D eigenvalue weighted by atomic mass is 10.2. The second kappa shape index (κ2) is 9.64. The van der Waals surface area contributed by atoms with Gasteiger partial charge in [0.25, 0.3) is 0 Å². The molecule has 0 spiro atoms. The minimum absolute atomic E-state index is 0.282. The zero-order chi connectivity index (χ0) is 17.4.